The minimum atomic E-state index is 0.235. The number of carbonyl (C=O) groups excluding carboxylic acids is 1. The van der Waals surface area contributed by atoms with Crippen molar-refractivity contribution < 1.29 is 9.53 Å². The zero-order valence-corrected chi connectivity index (χ0v) is 13.8. The minimum absolute atomic E-state index is 0.235. The first kappa shape index (κ1) is 14.5. The van der Waals surface area contributed by atoms with Gasteiger partial charge in [-0.05, 0) is 54.6 Å². The van der Waals surface area contributed by atoms with Gasteiger partial charge in [0.1, 0.15) is 5.78 Å². The Hall–Kier alpha value is -1.43. The zero-order valence-electron chi connectivity index (χ0n) is 12.2. The van der Waals surface area contributed by atoms with Gasteiger partial charge in [0.25, 0.3) is 0 Å². The molecule has 2 heterocycles. The highest BCUT2D eigenvalue weighted by molar-refractivity contribution is 9.10. The molecule has 2 aromatic rings. The van der Waals surface area contributed by atoms with Crippen molar-refractivity contribution in [3.8, 4) is 5.88 Å². The maximum Gasteiger partial charge on any atom is 0.229 e. The average Bonchev–Trinajstić information content (AvgIpc) is 2.89. The Balaban J connectivity index is 1.83. The van der Waals surface area contributed by atoms with Crippen LogP contribution in [0.4, 0.5) is 0 Å². The molecule has 0 bridgehead atoms. The highest BCUT2D eigenvalue weighted by atomic mass is 79.9. The molecule has 0 saturated heterocycles. The average molecular weight is 352 g/mol. The molecular formula is C15H18BrN3O2. The van der Waals surface area contributed by atoms with E-state index in [-0.39, 0.29) is 5.92 Å². The van der Waals surface area contributed by atoms with Gasteiger partial charge < -0.3 is 4.74 Å². The van der Waals surface area contributed by atoms with Crippen molar-refractivity contribution in [2.75, 3.05) is 7.11 Å². The Morgan fingerprint density at radius 2 is 2.10 bits per heavy atom. The van der Waals surface area contributed by atoms with E-state index >= 15 is 0 Å². The van der Waals surface area contributed by atoms with E-state index < -0.39 is 0 Å². The number of ether oxygens (including phenoxy) is 1. The number of carbonyl (C=O) groups is 1. The molecule has 1 fully saturated rings. The Morgan fingerprint density at radius 1 is 1.38 bits per heavy atom. The lowest BCUT2D eigenvalue weighted by Crippen LogP contribution is -2.22. The SMILES string of the molecule is COc1nc2nn([C@H]3CC[C@H](C(C)=O)CC3)cc2cc1Br. The van der Waals surface area contributed by atoms with E-state index in [1.165, 1.54) is 0 Å². The van der Waals surface area contributed by atoms with Crippen LogP contribution in [-0.4, -0.2) is 27.7 Å². The van der Waals surface area contributed by atoms with Gasteiger partial charge >= 0.3 is 0 Å². The third-order valence-corrected chi connectivity index (χ3v) is 4.84. The molecule has 1 saturated carbocycles. The first-order valence-corrected chi connectivity index (χ1v) is 7.97. The first-order chi connectivity index (χ1) is 10.1. The molecule has 21 heavy (non-hydrogen) atoms. The standard InChI is InChI=1S/C15H18BrN3O2/c1-9(20)10-3-5-12(6-4-10)19-8-11-7-13(16)15(21-2)17-14(11)18-19/h7-8,10,12H,3-6H2,1-2H3/t10-,12-. The first-order valence-electron chi connectivity index (χ1n) is 7.18. The van der Waals surface area contributed by atoms with Gasteiger partial charge in [-0.2, -0.15) is 10.1 Å². The summed E-state index contributed by atoms with van der Waals surface area (Å²) in [6, 6.07) is 2.34. The lowest BCUT2D eigenvalue weighted by atomic mass is 9.84. The van der Waals surface area contributed by atoms with Gasteiger partial charge in [0.05, 0.1) is 17.6 Å². The number of hydrogen-bond donors (Lipinski definition) is 0. The summed E-state index contributed by atoms with van der Waals surface area (Å²) < 4.78 is 8.03. The number of halogens is 1. The van der Waals surface area contributed by atoms with Crippen LogP contribution in [0.25, 0.3) is 11.0 Å². The lowest BCUT2D eigenvalue weighted by Gasteiger charge is -2.27. The molecule has 1 aliphatic carbocycles. The quantitative estimate of drug-likeness (QED) is 0.848. The van der Waals surface area contributed by atoms with Gasteiger partial charge in [0.2, 0.25) is 5.88 Å². The Morgan fingerprint density at radius 3 is 2.71 bits per heavy atom. The van der Waals surface area contributed by atoms with E-state index in [9.17, 15) is 4.79 Å². The van der Waals surface area contributed by atoms with Crippen molar-refractivity contribution in [1.82, 2.24) is 14.8 Å². The number of nitrogens with zero attached hydrogens (tertiary/aromatic N) is 3. The Bertz CT molecular complexity index is 675. The van der Waals surface area contributed by atoms with Crippen LogP contribution in [0.2, 0.25) is 0 Å². The van der Waals surface area contributed by atoms with Crippen LogP contribution in [0.1, 0.15) is 38.6 Å². The van der Waals surface area contributed by atoms with E-state index in [1.807, 2.05) is 16.9 Å². The molecule has 5 nitrogen and oxygen atoms in total. The van der Waals surface area contributed by atoms with Crippen molar-refractivity contribution in [3.63, 3.8) is 0 Å². The summed E-state index contributed by atoms with van der Waals surface area (Å²) in [7, 11) is 1.60. The van der Waals surface area contributed by atoms with Crippen molar-refractivity contribution in [3.05, 3.63) is 16.7 Å². The summed E-state index contributed by atoms with van der Waals surface area (Å²) >= 11 is 3.44. The summed E-state index contributed by atoms with van der Waals surface area (Å²) in [5.41, 5.74) is 0.698. The number of fused-ring (bicyclic) bond motifs is 1. The second-order valence-electron chi connectivity index (χ2n) is 5.62. The van der Waals surface area contributed by atoms with Gasteiger partial charge in [0, 0.05) is 17.5 Å². The van der Waals surface area contributed by atoms with Crippen LogP contribution >= 0.6 is 15.9 Å². The van der Waals surface area contributed by atoms with E-state index in [1.54, 1.807) is 14.0 Å². The van der Waals surface area contributed by atoms with Crippen molar-refractivity contribution in [2.24, 2.45) is 5.92 Å². The van der Waals surface area contributed by atoms with Gasteiger partial charge in [-0.3, -0.25) is 9.48 Å². The van der Waals surface area contributed by atoms with Gasteiger partial charge in [0.15, 0.2) is 5.65 Å². The van der Waals surface area contributed by atoms with E-state index in [2.05, 4.69) is 26.0 Å². The molecule has 0 unspecified atom stereocenters. The number of hydrogen-bond acceptors (Lipinski definition) is 4. The number of pyridine rings is 1. The molecule has 1 aliphatic rings. The lowest BCUT2D eigenvalue weighted by molar-refractivity contribution is -0.121. The number of Topliss-reactive ketones (excluding diaryl/α,β-unsaturated/α-hetero) is 1. The molecule has 0 spiro atoms. The minimum Gasteiger partial charge on any atom is -0.480 e. The second kappa shape index (κ2) is 5.75. The molecule has 0 amide bonds. The summed E-state index contributed by atoms with van der Waals surface area (Å²) in [6.45, 7) is 1.70. The normalized spacial score (nSPS) is 22.4. The van der Waals surface area contributed by atoms with Crippen molar-refractivity contribution in [1.29, 1.82) is 0 Å². The molecule has 112 valence electrons. The zero-order chi connectivity index (χ0) is 15.0. The molecule has 3 rings (SSSR count). The van der Waals surface area contributed by atoms with Gasteiger partial charge in [-0.15, -0.1) is 0 Å². The summed E-state index contributed by atoms with van der Waals surface area (Å²) in [5, 5.41) is 5.57. The maximum absolute atomic E-state index is 11.4. The number of rotatable bonds is 3. The van der Waals surface area contributed by atoms with E-state index in [0.717, 1.165) is 35.5 Å². The van der Waals surface area contributed by atoms with Crippen molar-refractivity contribution in [2.45, 2.75) is 38.6 Å². The van der Waals surface area contributed by atoms with Gasteiger partial charge in [-0.25, -0.2) is 0 Å². The highest BCUT2D eigenvalue weighted by Crippen LogP contribution is 2.34. The second-order valence-corrected chi connectivity index (χ2v) is 6.47. The molecule has 0 aromatic carbocycles. The topological polar surface area (TPSA) is 57.0 Å². The van der Waals surface area contributed by atoms with Gasteiger partial charge in [-0.1, -0.05) is 0 Å². The van der Waals surface area contributed by atoms with Crippen LogP contribution in [0, 0.1) is 5.92 Å². The maximum atomic E-state index is 11.4. The van der Waals surface area contributed by atoms with Crippen LogP contribution < -0.4 is 4.74 Å². The van der Waals surface area contributed by atoms with Crippen LogP contribution in [0.5, 0.6) is 5.88 Å². The summed E-state index contributed by atoms with van der Waals surface area (Å²) in [4.78, 5) is 15.8. The number of aromatic nitrogens is 3. The Kier molecular flexibility index (Phi) is 3.97. The van der Waals surface area contributed by atoms with E-state index in [4.69, 9.17) is 4.74 Å². The molecule has 2 aromatic heterocycles. The molecule has 0 N–H and O–H groups in total. The Labute approximate surface area is 131 Å². The fourth-order valence-electron chi connectivity index (χ4n) is 3.01. The predicted octanol–water partition coefficient (Wildman–Crippen LogP) is 3.52. The molecule has 0 atom stereocenters. The van der Waals surface area contributed by atoms with Crippen LogP contribution in [0.15, 0.2) is 16.7 Å². The van der Waals surface area contributed by atoms with Crippen LogP contribution in [0.3, 0.4) is 0 Å². The summed E-state index contributed by atoms with van der Waals surface area (Å²) in [5.74, 6) is 1.10. The molecule has 0 radical (unpaired) electrons. The third-order valence-electron chi connectivity index (χ3n) is 4.27. The largest absolute Gasteiger partial charge is 0.480 e. The van der Waals surface area contributed by atoms with Crippen LogP contribution in [-0.2, 0) is 4.79 Å². The predicted molar refractivity (Wildman–Crippen MR) is 83.5 cm³/mol. The highest BCUT2D eigenvalue weighted by Gasteiger charge is 2.25. The monoisotopic (exact) mass is 351 g/mol. The van der Waals surface area contributed by atoms with Crippen molar-refractivity contribution >= 4 is 32.7 Å². The fourth-order valence-corrected chi connectivity index (χ4v) is 3.51. The summed E-state index contributed by atoms with van der Waals surface area (Å²) in [6.07, 6.45) is 5.94. The third kappa shape index (κ3) is 2.81. The molecular weight excluding hydrogens is 334 g/mol. The molecule has 6 heteroatoms. The molecule has 0 aliphatic heterocycles. The smallest absolute Gasteiger partial charge is 0.229 e. The fraction of sp³-hybridized carbons (Fsp3) is 0.533. The number of ketones is 1. The van der Waals surface area contributed by atoms with E-state index in [0.29, 0.717) is 23.4 Å². The number of methoxy groups -OCH3 is 1.